The summed E-state index contributed by atoms with van der Waals surface area (Å²) < 4.78 is 26.9. The van der Waals surface area contributed by atoms with Crippen LogP contribution in [0.25, 0.3) is 0 Å². The summed E-state index contributed by atoms with van der Waals surface area (Å²) in [6.07, 6.45) is 3.00. The Morgan fingerprint density at radius 3 is 2.70 bits per heavy atom. The lowest BCUT2D eigenvalue weighted by molar-refractivity contribution is 0.601. The molecular formula is C13H10ClN3O2S. The lowest BCUT2D eigenvalue weighted by Gasteiger charge is -2.10. The van der Waals surface area contributed by atoms with Crippen molar-refractivity contribution in [1.82, 2.24) is 4.98 Å². The monoisotopic (exact) mass is 307 g/mol. The number of nitrogens with zero attached hydrogens (tertiary/aromatic N) is 2. The molecule has 0 aliphatic carbocycles. The molecular weight excluding hydrogens is 298 g/mol. The van der Waals surface area contributed by atoms with E-state index in [2.05, 4.69) is 9.71 Å². The van der Waals surface area contributed by atoms with Crippen LogP contribution in [0.2, 0.25) is 5.02 Å². The number of aromatic nitrogens is 1. The molecule has 0 saturated carbocycles. The zero-order valence-corrected chi connectivity index (χ0v) is 12.0. The highest BCUT2D eigenvalue weighted by Gasteiger charge is 2.16. The maximum atomic E-state index is 12.2. The minimum Gasteiger partial charge on any atom is -0.278 e. The summed E-state index contributed by atoms with van der Waals surface area (Å²) >= 11 is 5.84. The average molecular weight is 308 g/mol. The predicted molar refractivity (Wildman–Crippen MR) is 75.9 cm³/mol. The van der Waals surface area contributed by atoms with Crippen LogP contribution in [0.1, 0.15) is 11.1 Å². The fraction of sp³-hybridized carbons (Fsp3) is 0.0769. The molecule has 20 heavy (non-hydrogen) atoms. The normalized spacial score (nSPS) is 10.8. The molecule has 0 aliphatic heterocycles. The van der Waals surface area contributed by atoms with Gasteiger partial charge in [0.2, 0.25) is 0 Å². The number of anilines is 1. The summed E-state index contributed by atoms with van der Waals surface area (Å²) in [4.78, 5) is 3.86. The number of benzene rings is 1. The van der Waals surface area contributed by atoms with Crippen molar-refractivity contribution in [2.24, 2.45) is 0 Å². The Labute approximate surface area is 121 Å². The van der Waals surface area contributed by atoms with Gasteiger partial charge in [-0.05, 0) is 36.8 Å². The van der Waals surface area contributed by atoms with Gasteiger partial charge >= 0.3 is 0 Å². The van der Waals surface area contributed by atoms with Crippen molar-refractivity contribution in [2.45, 2.75) is 11.8 Å². The van der Waals surface area contributed by atoms with Gasteiger partial charge in [-0.25, -0.2) is 8.42 Å². The average Bonchev–Trinajstić information content (AvgIpc) is 2.41. The first kappa shape index (κ1) is 14.3. The van der Waals surface area contributed by atoms with Crippen LogP contribution in [0.5, 0.6) is 0 Å². The van der Waals surface area contributed by atoms with Gasteiger partial charge in [0.1, 0.15) is 6.07 Å². The van der Waals surface area contributed by atoms with Gasteiger partial charge in [-0.1, -0.05) is 11.6 Å². The minimum absolute atomic E-state index is 0.00949. The summed E-state index contributed by atoms with van der Waals surface area (Å²) in [7, 11) is -3.77. The molecule has 0 radical (unpaired) electrons. The van der Waals surface area contributed by atoms with E-state index in [-0.39, 0.29) is 15.5 Å². The molecule has 1 N–H and O–H groups in total. The van der Waals surface area contributed by atoms with E-state index in [1.54, 1.807) is 19.2 Å². The maximum Gasteiger partial charge on any atom is 0.262 e. The van der Waals surface area contributed by atoms with Crippen LogP contribution in [0.15, 0.2) is 41.6 Å². The first-order valence-corrected chi connectivity index (χ1v) is 7.43. The summed E-state index contributed by atoms with van der Waals surface area (Å²) in [5, 5.41) is 8.87. The van der Waals surface area contributed by atoms with Crippen molar-refractivity contribution < 1.29 is 8.42 Å². The first-order valence-electron chi connectivity index (χ1n) is 5.57. The number of hydrogen-bond acceptors (Lipinski definition) is 4. The predicted octanol–water partition coefficient (Wildman–Crippen LogP) is 2.72. The molecule has 0 spiro atoms. The Hall–Kier alpha value is -2.10. The first-order chi connectivity index (χ1) is 9.44. The van der Waals surface area contributed by atoms with Crippen molar-refractivity contribution >= 4 is 27.3 Å². The lowest BCUT2D eigenvalue weighted by Crippen LogP contribution is -2.14. The van der Waals surface area contributed by atoms with Crippen molar-refractivity contribution in [3.8, 4) is 6.07 Å². The maximum absolute atomic E-state index is 12.2. The van der Waals surface area contributed by atoms with Gasteiger partial charge in [0, 0.05) is 6.20 Å². The van der Waals surface area contributed by atoms with E-state index in [0.29, 0.717) is 5.69 Å². The van der Waals surface area contributed by atoms with Gasteiger partial charge in [-0.2, -0.15) is 5.26 Å². The van der Waals surface area contributed by atoms with Crippen molar-refractivity contribution in [1.29, 1.82) is 5.26 Å². The van der Waals surface area contributed by atoms with Gasteiger partial charge in [-0.3, -0.25) is 9.71 Å². The second-order valence-corrected chi connectivity index (χ2v) is 6.14. The molecule has 2 aromatic rings. The van der Waals surface area contributed by atoms with Crippen molar-refractivity contribution in [2.75, 3.05) is 4.72 Å². The Balaban J connectivity index is 2.39. The Bertz CT molecular complexity index is 798. The van der Waals surface area contributed by atoms with E-state index in [4.69, 9.17) is 16.9 Å². The molecule has 0 aliphatic rings. The van der Waals surface area contributed by atoms with Crippen LogP contribution in [0.4, 0.5) is 5.69 Å². The van der Waals surface area contributed by atoms with Gasteiger partial charge in [0.25, 0.3) is 10.0 Å². The second kappa shape index (κ2) is 5.49. The molecule has 0 atom stereocenters. The largest absolute Gasteiger partial charge is 0.278 e. The van der Waals surface area contributed by atoms with Crippen LogP contribution in [0, 0.1) is 18.3 Å². The zero-order chi connectivity index (χ0) is 14.8. The standard InChI is InChI=1S/C13H10ClN3O2S/c1-9-4-5-16-8-13(9)17-20(18,19)11-3-2-10(7-15)12(14)6-11/h2-6,8,17H,1H3. The molecule has 1 heterocycles. The molecule has 0 fully saturated rings. The molecule has 1 aromatic heterocycles. The van der Waals surface area contributed by atoms with E-state index >= 15 is 0 Å². The van der Waals surface area contributed by atoms with E-state index in [9.17, 15) is 8.42 Å². The number of rotatable bonds is 3. The third-order valence-corrected chi connectivity index (χ3v) is 4.33. The number of halogens is 1. The van der Waals surface area contributed by atoms with Gasteiger partial charge in [0.05, 0.1) is 27.4 Å². The highest BCUT2D eigenvalue weighted by molar-refractivity contribution is 7.92. The molecule has 7 heteroatoms. The second-order valence-electron chi connectivity index (χ2n) is 4.05. The van der Waals surface area contributed by atoms with Gasteiger partial charge < -0.3 is 0 Å². The Kier molecular flexibility index (Phi) is 3.93. The molecule has 5 nitrogen and oxygen atoms in total. The molecule has 0 unspecified atom stereocenters. The molecule has 2 rings (SSSR count). The quantitative estimate of drug-likeness (QED) is 0.945. The molecule has 0 saturated heterocycles. The summed E-state index contributed by atoms with van der Waals surface area (Å²) in [6, 6.07) is 7.52. The van der Waals surface area contributed by atoms with Gasteiger partial charge in [0.15, 0.2) is 0 Å². The zero-order valence-electron chi connectivity index (χ0n) is 10.5. The van der Waals surface area contributed by atoms with Crippen LogP contribution in [-0.2, 0) is 10.0 Å². The number of aryl methyl sites for hydroxylation is 1. The van der Waals surface area contributed by atoms with Crippen LogP contribution < -0.4 is 4.72 Å². The number of hydrogen-bond donors (Lipinski definition) is 1. The smallest absolute Gasteiger partial charge is 0.262 e. The van der Waals surface area contributed by atoms with E-state index < -0.39 is 10.0 Å². The highest BCUT2D eigenvalue weighted by atomic mass is 35.5. The Morgan fingerprint density at radius 1 is 1.35 bits per heavy atom. The summed E-state index contributed by atoms with van der Waals surface area (Å²) in [5.41, 5.74) is 1.37. The van der Waals surface area contributed by atoms with Crippen molar-refractivity contribution in [3.63, 3.8) is 0 Å². The Morgan fingerprint density at radius 2 is 2.10 bits per heavy atom. The number of nitriles is 1. The van der Waals surface area contributed by atoms with Crippen LogP contribution in [0.3, 0.4) is 0 Å². The minimum atomic E-state index is -3.77. The summed E-state index contributed by atoms with van der Waals surface area (Å²) in [6.45, 7) is 1.77. The topological polar surface area (TPSA) is 82.8 Å². The highest BCUT2D eigenvalue weighted by Crippen LogP contribution is 2.23. The fourth-order valence-corrected chi connectivity index (χ4v) is 2.96. The number of sulfonamides is 1. The molecule has 0 amide bonds. The SMILES string of the molecule is Cc1ccncc1NS(=O)(=O)c1ccc(C#N)c(Cl)c1. The third-order valence-electron chi connectivity index (χ3n) is 2.65. The van der Waals surface area contributed by atoms with E-state index in [1.165, 1.54) is 24.4 Å². The third kappa shape index (κ3) is 2.90. The van der Waals surface area contributed by atoms with Crippen molar-refractivity contribution in [3.05, 3.63) is 52.8 Å². The van der Waals surface area contributed by atoms with Gasteiger partial charge in [-0.15, -0.1) is 0 Å². The molecule has 102 valence electrons. The van der Waals surface area contributed by atoms with Crippen LogP contribution >= 0.6 is 11.6 Å². The fourth-order valence-electron chi connectivity index (χ4n) is 1.53. The number of nitrogens with one attached hydrogen (secondary N) is 1. The summed E-state index contributed by atoms with van der Waals surface area (Å²) in [5.74, 6) is 0. The van der Waals surface area contributed by atoms with Crippen LogP contribution in [-0.4, -0.2) is 13.4 Å². The molecule has 0 bridgehead atoms. The van der Waals surface area contributed by atoms with E-state index in [1.807, 2.05) is 6.07 Å². The lowest BCUT2D eigenvalue weighted by atomic mass is 10.2. The number of pyridine rings is 1. The van der Waals surface area contributed by atoms with E-state index in [0.717, 1.165) is 5.56 Å². The molecule has 1 aromatic carbocycles.